The summed E-state index contributed by atoms with van der Waals surface area (Å²) in [7, 11) is 1.62. The molecule has 6 nitrogen and oxygen atoms in total. The molecular formula is C26H33N3O3. The Labute approximate surface area is 190 Å². The third kappa shape index (κ3) is 5.68. The molecule has 0 unspecified atom stereocenters. The van der Waals surface area contributed by atoms with Crippen molar-refractivity contribution >= 4 is 17.5 Å². The molecule has 170 valence electrons. The van der Waals surface area contributed by atoms with E-state index in [9.17, 15) is 9.59 Å². The van der Waals surface area contributed by atoms with Gasteiger partial charge in [0, 0.05) is 30.2 Å². The van der Waals surface area contributed by atoms with E-state index in [1.165, 1.54) is 0 Å². The molecule has 6 heteroatoms. The maximum Gasteiger partial charge on any atom is 0.228 e. The number of nitrogens with one attached hydrogen (secondary N) is 1. The summed E-state index contributed by atoms with van der Waals surface area (Å²) < 4.78 is 5.18. The van der Waals surface area contributed by atoms with Crippen molar-refractivity contribution in [3.8, 4) is 5.75 Å². The molecule has 2 aromatic carbocycles. The van der Waals surface area contributed by atoms with Crippen LogP contribution in [0.4, 0.5) is 5.69 Å². The number of nitrogens with two attached hydrogens (primary N) is 1. The number of nitrogens with zero attached hydrogens (tertiary/aromatic N) is 1. The molecule has 0 saturated heterocycles. The number of hydrogen-bond donors (Lipinski definition) is 2. The monoisotopic (exact) mass is 435 g/mol. The van der Waals surface area contributed by atoms with Gasteiger partial charge in [0.1, 0.15) is 5.75 Å². The molecular weight excluding hydrogens is 402 g/mol. The van der Waals surface area contributed by atoms with Crippen molar-refractivity contribution < 1.29 is 14.3 Å². The Morgan fingerprint density at radius 3 is 2.34 bits per heavy atom. The highest BCUT2D eigenvalue weighted by Crippen LogP contribution is 2.35. The molecule has 32 heavy (non-hydrogen) atoms. The Morgan fingerprint density at radius 1 is 1.00 bits per heavy atom. The lowest BCUT2D eigenvalue weighted by Crippen LogP contribution is -2.44. The smallest absolute Gasteiger partial charge is 0.228 e. The Kier molecular flexibility index (Phi) is 7.10. The SMILES string of the molecule is COc1ccc(CC(=O)Nc2ccccc2CN(C(=O)C2CC2)C2CCC(N)CC2)cc1. The van der Waals surface area contributed by atoms with E-state index >= 15 is 0 Å². The topological polar surface area (TPSA) is 84.7 Å². The van der Waals surface area contributed by atoms with Gasteiger partial charge in [-0.05, 0) is 67.9 Å². The fourth-order valence-corrected chi connectivity index (χ4v) is 4.45. The normalized spacial score (nSPS) is 20.4. The highest BCUT2D eigenvalue weighted by atomic mass is 16.5. The van der Waals surface area contributed by atoms with Crippen LogP contribution in [0, 0.1) is 5.92 Å². The van der Waals surface area contributed by atoms with Gasteiger partial charge in [0.15, 0.2) is 0 Å². The van der Waals surface area contributed by atoms with Crippen molar-refractivity contribution in [2.45, 2.75) is 63.6 Å². The number of anilines is 1. The zero-order valence-corrected chi connectivity index (χ0v) is 18.8. The van der Waals surface area contributed by atoms with Crippen molar-refractivity contribution in [1.29, 1.82) is 0 Å². The Balaban J connectivity index is 1.45. The van der Waals surface area contributed by atoms with Gasteiger partial charge in [0.25, 0.3) is 0 Å². The molecule has 3 N–H and O–H groups in total. The van der Waals surface area contributed by atoms with Crippen LogP contribution in [0.1, 0.15) is 49.7 Å². The highest BCUT2D eigenvalue weighted by Gasteiger charge is 2.37. The van der Waals surface area contributed by atoms with Gasteiger partial charge >= 0.3 is 0 Å². The fourth-order valence-electron chi connectivity index (χ4n) is 4.45. The van der Waals surface area contributed by atoms with Gasteiger partial charge in [-0.3, -0.25) is 9.59 Å². The first kappa shape index (κ1) is 22.3. The molecule has 0 radical (unpaired) electrons. The predicted molar refractivity (Wildman–Crippen MR) is 125 cm³/mol. The van der Waals surface area contributed by atoms with E-state index in [2.05, 4.69) is 10.2 Å². The standard InChI is InChI=1S/C26H33N3O3/c1-32-23-14-6-18(7-15-23)16-25(30)28-24-5-3-2-4-20(24)17-29(26(31)19-8-9-19)22-12-10-21(27)11-13-22/h2-7,14-15,19,21-22H,8-13,16-17,27H2,1H3,(H,28,30). The zero-order valence-electron chi connectivity index (χ0n) is 18.8. The van der Waals surface area contributed by atoms with Crippen molar-refractivity contribution in [3.63, 3.8) is 0 Å². The molecule has 0 spiro atoms. The van der Waals surface area contributed by atoms with E-state index in [0.717, 1.165) is 61.1 Å². The fraction of sp³-hybridized carbons (Fsp3) is 0.462. The predicted octanol–water partition coefficient (Wildman–Crippen LogP) is 3.88. The zero-order chi connectivity index (χ0) is 22.5. The highest BCUT2D eigenvalue weighted by molar-refractivity contribution is 5.93. The summed E-state index contributed by atoms with van der Waals surface area (Å²) >= 11 is 0. The van der Waals surface area contributed by atoms with E-state index in [1.54, 1.807) is 7.11 Å². The average Bonchev–Trinajstić information content (AvgIpc) is 3.65. The van der Waals surface area contributed by atoms with E-state index in [-0.39, 0.29) is 36.2 Å². The van der Waals surface area contributed by atoms with E-state index in [0.29, 0.717) is 6.54 Å². The summed E-state index contributed by atoms with van der Waals surface area (Å²) in [5.74, 6) is 1.11. The van der Waals surface area contributed by atoms with Crippen molar-refractivity contribution in [1.82, 2.24) is 4.90 Å². The molecule has 0 aliphatic heterocycles. The minimum atomic E-state index is -0.0775. The molecule has 2 aliphatic rings. The summed E-state index contributed by atoms with van der Waals surface area (Å²) in [5, 5.41) is 3.06. The van der Waals surface area contributed by atoms with Crippen LogP contribution < -0.4 is 15.8 Å². The lowest BCUT2D eigenvalue weighted by Gasteiger charge is -2.36. The number of hydrogen-bond acceptors (Lipinski definition) is 4. The number of benzene rings is 2. The molecule has 0 atom stereocenters. The van der Waals surface area contributed by atoms with E-state index in [1.807, 2.05) is 48.5 Å². The van der Waals surface area contributed by atoms with Gasteiger partial charge in [-0.2, -0.15) is 0 Å². The average molecular weight is 436 g/mol. The number of rotatable bonds is 8. The molecule has 0 heterocycles. The second-order valence-electron chi connectivity index (χ2n) is 9.04. The summed E-state index contributed by atoms with van der Waals surface area (Å²) in [6.45, 7) is 0.522. The molecule has 4 rings (SSSR count). The van der Waals surface area contributed by atoms with Crippen LogP contribution in [0.2, 0.25) is 0 Å². The third-order valence-corrected chi connectivity index (χ3v) is 6.55. The van der Waals surface area contributed by atoms with Crippen LogP contribution in [0.25, 0.3) is 0 Å². The quantitative estimate of drug-likeness (QED) is 0.659. The van der Waals surface area contributed by atoms with Crippen LogP contribution >= 0.6 is 0 Å². The first-order valence-corrected chi connectivity index (χ1v) is 11.6. The summed E-state index contributed by atoms with van der Waals surface area (Å²) in [6.07, 6.45) is 6.07. The maximum atomic E-state index is 13.1. The maximum absolute atomic E-state index is 13.1. The Morgan fingerprint density at radius 2 is 1.69 bits per heavy atom. The number of ether oxygens (including phenoxy) is 1. The first-order chi connectivity index (χ1) is 15.5. The van der Waals surface area contributed by atoms with Crippen LogP contribution in [0.5, 0.6) is 5.75 Å². The first-order valence-electron chi connectivity index (χ1n) is 11.6. The van der Waals surface area contributed by atoms with Crippen molar-refractivity contribution in [2.24, 2.45) is 11.7 Å². The molecule has 2 aliphatic carbocycles. The molecule has 2 saturated carbocycles. The number of para-hydroxylation sites is 1. The van der Waals surface area contributed by atoms with Gasteiger partial charge in [0.2, 0.25) is 11.8 Å². The molecule has 2 fully saturated rings. The summed E-state index contributed by atoms with van der Waals surface area (Å²) in [6, 6.07) is 15.8. The molecule has 0 bridgehead atoms. The molecule has 0 aromatic heterocycles. The number of carbonyl (C=O) groups excluding carboxylic acids is 2. The third-order valence-electron chi connectivity index (χ3n) is 6.55. The number of methoxy groups -OCH3 is 1. The second-order valence-corrected chi connectivity index (χ2v) is 9.04. The number of carbonyl (C=O) groups is 2. The van der Waals surface area contributed by atoms with Gasteiger partial charge in [-0.25, -0.2) is 0 Å². The van der Waals surface area contributed by atoms with Crippen LogP contribution in [-0.2, 0) is 22.6 Å². The second kappa shape index (κ2) is 10.2. The lowest BCUT2D eigenvalue weighted by molar-refractivity contribution is -0.136. The van der Waals surface area contributed by atoms with Gasteiger partial charge in [0.05, 0.1) is 13.5 Å². The van der Waals surface area contributed by atoms with E-state index < -0.39 is 0 Å². The van der Waals surface area contributed by atoms with Crippen LogP contribution in [0.3, 0.4) is 0 Å². The van der Waals surface area contributed by atoms with Crippen LogP contribution in [0.15, 0.2) is 48.5 Å². The van der Waals surface area contributed by atoms with Crippen molar-refractivity contribution in [2.75, 3.05) is 12.4 Å². The largest absolute Gasteiger partial charge is 0.497 e. The molecule has 2 amide bonds. The van der Waals surface area contributed by atoms with Gasteiger partial charge in [-0.1, -0.05) is 30.3 Å². The van der Waals surface area contributed by atoms with Crippen LogP contribution in [-0.4, -0.2) is 35.9 Å². The molecule has 2 aromatic rings. The summed E-state index contributed by atoms with van der Waals surface area (Å²) in [4.78, 5) is 27.9. The minimum Gasteiger partial charge on any atom is -0.497 e. The lowest BCUT2D eigenvalue weighted by atomic mass is 9.90. The van der Waals surface area contributed by atoms with Gasteiger partial charge in [-0.15, -0.1) is 0 Å². The summed E-state index contributed by atoms with van der Waals surface area (Å²) in [5.41, 5.74) is 8.76. The minimum absolute atomic E-state index is 0.0775. The van der Waals surface area contributed by atoms with Crippen molar-refractivity contribution in [3.05, 3.63) is 59.7 Å². The van der Waals surface area contributed by atoms with Gasteiger partial charge < -0.3 is 20.7 Å². The van der Waals surface area contributed by atoms with E-state index in [4.69, 9.17) is 10.5 Å². The number of amides is 2. The Hall–Kier alpha value is -2.86. The Bertz CT molecular complexity index is 932.